The van der Waals surface area contributed by atoms with Crippen molar-refractivity contribution in [3.8, 4) is 0 Å². The Bertz CT molecular complexity index is 889. The highest BCUT2D eigenvalue weighted by Gasteiger charge is 2.18. The van der Waals surface area contributed by atoms with E-state index in [9.17, 15) is 9.59 Å². The zero-order valence-electron chi connectivity index (χ0n) is 17.4. The van der Waals surface area contributed by atoms with Gasteiger partial charge in [0.25, 0.3) is 5.91 Å². The van der Waals surface area contributed by atoms with Crippen LogP contribution in [0.5, 0.6) is 0 Å². The van der Waals surface area contributed by atoms with E-state index in [4.69, 9.17) is 11.6 Å². The average molecular weight is 446 g/mol. The molecule has 1 atom stereocenters. The number of anilines is 1. The number of hydrogen-bond acceptors (Lipinski definition) is 4. The molecule has 7 heteroatoms. The van der Waals surface area contributed by atoms with Crippen LogP contribution in [0.2, 0.25) is 5.02 Å². The lowest BCUT2D eigenvalue weighted by atomic mass is 10.0. The fraction of sp³-hybridized carbons (Fsp3) is 0.391. The van der Waals surface area contributed by atoms with Gasteiger partial charge in [0.2, 0.25) is 5.91 Å². The predicted octanol–water partition coefficient (Wildman–Crippen LogP) is 5.05. The third-order valence-corrected chi connectivity index (χ3v) is 6.55. The van der Waals surface area contributed by atoms with Gasteiger partial charge in [-0.3, -0.25) is 14.5 Å². The first-order valence-corrected chi connectivity index (χ1v) is 11.5. The summed E-state index contributed by atoms with van der Waals surface area (Å²) in [6, 6.07) is 13.5. The molecular formula is C23H28ClN3O2S. The summed E-state index contributed by atoms with van der Waals surface area (Å²) in [7, 11) is 0. The number of nitrogens with one attached hydrogen (secondary N) is 2. The second-order valence-corrected chi connectivity index (χ2v) is 9.14. The van der Waals surface area contributed by atoms with Gasteiger partial charge >= 0.3 is 0 Å². The zero-order valence-corrected chi connectivity index (χ0v) is 19.0. The molecule has 5 nitrogen and oxygen atoms in total. The van der Waals surface area contributed by atoms with Crippen LogP contribution in [0, 0.1) is 0 Å². The quantitative estimate of drug-likeness (QED) is 0.625. The van der Waals surface area contributed by atoms with E-state index in [1.807, 2.05) is 30.3 Å². The van der Waals surface area contributed by atoms with Crippen LogP contribution in [0.25, 0.3) is 0 Å². The van der Waals surface area contributed by atoms with Gasteiger partial charge in [0.15, 0.2) is 0 Å². The van der Waals surface area contributed by atoms with Crippen molar-refractivity contribution in [1.29, 1.82) is 0 Å². The van der Waals surface area contributed by atoms with Crippen molar-refractivity contribution in [3.05, 3.63) is 53.1 Å². The molecule has 160 valence electrons. The van der Waals surface area contributed by atoms with Gasteiger partial charge in [-0.1, -0.05) is 29.8 Å². The molecule has 0 aromatic heterocycles. The smallest absolute Gasteiger partial charge is 0.251 e. The molecule has 0 spiro atoms. The monoisotopic (exact) mass is 445 g/mol. The molecule has 2 amide bonds. The maximum Gasteiger partial charge on any atom is 0.251 e. The summed E-state index contributed by atoms with van der Waals surface area (Å²) in [5, 5.41) is 6.52. The lowest BCUT2D eigenvalue weighted by Gasteiger charge is -2.33. The number of amides is 2. The summed E-state index contributed by atoms with van der Waals surface area (Å²) in [5.41, 5.74) is 1.16. The van der Waals surface area contributed by atoms with Gasteiger partial charge in [-0.15, -0.1) is 0 Å². The molecule has 1 aliphatic rings. The number of nitrogens with zero attached hydrogens (tertiary/aromatic N) is 1. The van der Waals surface area contributed by atoms with Crippen LogP contribution in [0.4, 0.5) is 5.69 Å². The number of piperidine rings is 1. The first-order valence-electron chi connectivity index (χ1n) is 10.3. The van der Waals surface area contributed by atoms with E-state index in [2.05, 4.69) is 22.5 Å². The Labute approximate surface area is 187 Å². The minimum atomic E-state index is -0.176. The maximum atomic E-state index is 12.6. The first kappa shape index (κ1) is 22.7. The minimum absolute atomic E-state index is 0.130. The van der Waals surface area contributed by atoms with Crippen LogP contribution in [-0.4, -0.2) is 42.4 Å². The van der Waals surface area contributed by atoms with Crippen molar-refractivity contribution in [1.82, 2.24) is 10.2 Å². The fourth-order valence-corrected chi connectivity index (χ4v) is 4.59. The number of benzene rings is 2. The molecule has 1 fully saturated rings. The summed E-state index contributed by atoms with van der Waals surface area (Å²) >= 11 is 7.47. The fourth-order valence-electron chi connectivity index (χ4n) is 3.58. The minimum Gasteiger partial charge on any atom is -0.351 e. The Kier molecular flexibility index (Phi) is 8.19. The third kappa shape index (κ3) is 6.49. The van der Waals surface area contributed by atoms with Gasteiger partial charge in [0, 0.05) is 46.4 Å². The maximum absolute atomic E-state index is 12.6. The SMILES string of the molecule is CC(=O)Nc1cc(C(=O)NCCN2CCCCC2C)ccc1Sc1ccc(Cl)cc1. The normalized spacial score (nSPS) is 16.8. The summed E-state index contributed by atoms with van der Waals surface area (Å²) in [6.07, 6.45) is 3.74. The predicted molar refractivity (Wildman–Crippen MR) is 124 cm³/mol. The molecule has 30 heavy (non-hydrogen) atoms. The highest BCUT2D eigenvalue weighted by molar-refractivity contribution is 7.99. The first-order chi connectivity index (χ1) is 14.4. The van der Waals surface area contributed by atoms with Gasteiger partial charge < -0.3 is 10.6 Å². The molecule has 0 saturated carbocycles. The van der Waals surface area contributed by atoms with Crippen molar-refractivity contribution in [3.63, 3.8) is 0 Å². The molecule has 2 N–H and O–H groups in total. The van der Waals surface area contributed by atoms with Crippen LogP contribution in [0.15, 0.2) is 52.3 Å². The number of carbonyl (C=O) groups is 2. The van der Waals surface area contributed by atoms with Crippen LogP contribution in [-0.2, 0) is 4.79 Å². The van der Waals surface area contributed by atoms with Gasteiger partial charge in [0.05, 0.1) is 5.69 Å². The van der Waals surface area contributed by atoms with E-state index >= 15 is 0 Å². The van der Waals surface area contributed by atoms with Gasteiger partial charge in [-0.25, -0.2) is 0 Å². The van der Waals surface area contributed by atoms with Crippen molar-refractivity contribution in [2.45, 2.75) is 48.9 Å². The van der Waals surface area contributed by atoms with Gasteiger partial charge in [0.1, 0.15) is 0 Å². The summed E-state index contributed by atoms with van der Waals surface area (Å²) in [6.45, 7) is 6.28. The topological polar surface area (TPSA) is 61.4 Å². The molecule has 1 aliphatic heterocycles. The largest absolute Gasteiger partial charge is 0.351 e. The number of carbonyl (C=O) groups excluding carboxylic acids is 2. The summed E-state index contributed by atoms with van der Waals surface area (Å²) in [4.78, 5) is 28.6. The van der Waals surface area contributed by atoms with E-state index in [0.717, 1.165) is 22.9 Å². The third-order valence-electron chi connectivity index (χ3n) is 5.22. The molecule has 0 radical (unpaired) electrons. The Hall–Kier alpha value is -2.02. The molecule has 3 rings (SSSR count). The lowest BCUT2D eigenvalue weighted by molar-refractivity contribution is -0.114. The second kappa shape index (κ2) is 10.8. The van der Waals surface area contributed by atoms with Crippen molar-refractivity contribution >= 4 is 40.9 Å². The molecule has 1 unspecified atom stereocenters. The molecule has 2 aromatic carbocycles. The van der Waals surface area contributed by atoms with Crippen LogP contribution >= 0.6 is 23.4 Å². The molecule has 1 heterocycles. The van der Waals surface area contributed by atoms with Crippen molar-refractivity contribution in [2.75, 3.05) is 25.0 Å². The molecule has 0 aliphatic carbocycles. The summed E-state index contributed by atoms with van der Waals surface area (Å²) in [5.74, 6) is -0.307. The number of halogens is 1. The molecule has 2 aromatic rings. The highest BCUT2D eigenvalue weighted by Crippen LogP contribution is 2.34. The zero-order chi connectivity index (χ0) is 21.5. The number of rotatable bonds is 7. The van der Waals surface area contributed by atoms with Crippen LogP contribution in [0.1, 0.15) is 43.5 Å². The number of likely N-dealkylation sites (tertiary alicyclic amines) is 1. The van der Waals surface area contributed by atoms with E-state index in [0.29, 0.717) is 28.9 Å². The average Bonchev–Trinajstić information content (AvgIpc) is 2.72. The molecular weight excluding hydrogens is 418 g/mol. The van der Waals surface area contributed by atoms with E-state index in [1.54, 1.807) is 12.1 Å². The Balaban J connectivity index is 1.66. The second-order valence-electron chi connectivity index (χ2n) is 7.58. The van der Waals surface area contributed by atoms with Gasteiger partial charge in [-0.05, 0) is 68.8 Å². The standard InChI is InChI=1S/C23H28ClN3O2S/c1-16-5-3-4-13-27(16)14-12-25-23(29)18-6-11-22(21(15-18)26-17(2)28)30-20-9-7-19(24)8-10-20/h6-11,15-16H,3-5,12-14H2,1-2H3,(H,25,29)(H,26,28). The molecule has 1 saturated heterocycles. The van der Waals surface area contributed by atoms with Gasteiger partial charge in [-0.2, -0.15) is 0 Å². The lowest BCUT2D eigenvalue weighted by Crippen LogP contribution is -2.42. The Morgan fingerprint density at radius 3 is 2.63 bits per heavy atom. The Morgan fingerprint density at radius 1 is 1.17 bits per heavy atom. The number of hydrogen-bond donors (Lipinski definition) is 2. The van der Waals surface area contributed by atoms with Crippen LogP contribution < -0.4 is 10.6 Å². The van der Waals surface area contributed by atoms with E-state index in [-0.39, 0.29) is 11.8 Å². The van der Waals surface area contributed by atoms with E-state index in [1.165, 1.54) is 37.9 Å². The summed E-state index contributed by atoms with van der Waals surface area (Å²) < 4.78 is 0. The molecule has 0 bridgehead atoms. The van der Waals surface area contributed by atoms with E-state index < -0.39 is 0 Å². The van der Waals surface area contributed by atoms with Crippen LogP contribution in [0.3, 0.4) is 0 Å². The Morgan fingerprint density at radius 2 is 1.93 bits per heavy atom. The van der Waals surface area contributed by atoms with Crippen molar-refractivity contribution in [2.24, 2.45) is 0 Å². The highest BCUT2D eigenvalue weighted by atomic mass is 35.5. The van der Waals surface area contributed by atoms with Crippen molar-refractivity contribution < 1.29 is 9.59 Å².